The molecule has 3 unspecified atom stereocenters. The summed E-state index contributed by atoms with van der Waals surface area (Å²) in [6.07, 6.45) is 60.2. The van der Waals surface area contributed by atoms with Crippen LogP contribution in [-0.4, -0.2) is 66.3 Å². The number of hydrogen-bond donors (Lipinski definition) is 3. The lowest BCUT2D eigenvalue weighted by Gasteiger charge is -2.20. The Morgan fingerprint density at radius 2 is 0.900 bits per heavy atom. The summed E-state index contributed by atoms with van der Waals surface area (Å²) in [6.45, 7) is 3.07. The van der Waals surface area contributed by atoms with Crippen molar-refractivity contribution in [3.05, 3.63) is 122 Å². The second-order valence-corrected chi connectivity index (χ2v) is 15.8. The van der Waals surface area contributed by atoms with E-state index in [9.17, 15) is 19.4 Å². The summed E-state index contributed by atoms with van der Waals surface area (Å²) >= 11 is 0. The molecule has 3 atom stereocenters. The van der Waals surface area contributed by atoms with E-state index >= 15 is 0 Å². The third-order valence-corrected chi connectivity index (χ3v) is 9.59. The summed E-state index contributed by atoms with van der Waals surface area (Å²) < 4.78 is 33.3. The molecular formula is C50H81O9P. The SMILES string of the molecule is CC/C=C\C/C=C\C/C=C\C/C=C\C/C=C\C/C=C\CCCOCC(COP(=O)(O)OCC(O)CO)OC(=O)CCCCCCCC/C=C\C/C=C\C/C=C\C/C=C\CC. The maximum Gasteiger partial charge on any atom is 0.472 e. The molecule has 0 aromatic rings. The van der Waals surface area contributed by atoms with Crippen LogP contribution in [0.5, 0.6) is 0 Å². The quantitative estimate of drug-likeness (QED) is 0.0238. The third-order valence-electron chi connectivity index (χ3n) is 8.64. The van der Waals surface area contributed by atoms with Crippen LogP contribution in [0.4, 0.5) is 0 Å². The predicted octanol–water partition coefficient (Wildman–Crippen LogP) is 12.8. The van der Waals surface area contributed by atoms with E-state index in [1.165, 1.54) is 0 Å². The molecular weight excluding hydrogens is 776 g/mol. The molecule has 0 aromatic heterocycles. The lowest BCUT2D eigenvalue weighted by Crippen LogP contribution is -2.29. The van der Waals surface area contributed by atoms with Crippen LogP contribution in [0.25, 0.3) is 0 Å². The molecule has 0 aromatic carbocycles. The van der Waals surface area contributed by atoms with Crippen molar-refractivity contribution in [2.45, 2.75) is 154 Å². The molecule has 60 heavy (non-hydrogen) atoms. The summed E-state index contributed by atoms with van der Waals surface area (Å²) in [6, 6.07) is 0. The number of allylic oxidation sites excluding steroid dienone is 20. The van der Waals surface area contributed by atoms with Gasteiger partial charge in [-0.05, 0) is 96.3 Å². The summed E-state index contributed by atoms with van der Waals surface area (Å²) in [4.78, 5) is 22.6. The van der Waals surface area contributed by atoms with E-state index in [0.717, 1.165) is 116 Å². The number of rotatable bonds is 41. The van der Waals surface area contributed by atoms with Gasteiger partial charge in [0.1, 0.15) is 12.2 Å². The molecule has 0 aliphatic heterocycles. The number of esters is 1. The van der Waals surface area contributed by atoms with Gasteiger partial charge in [-0.1, -0.05) is 161 Å². The van der Waals surface area contributed by atoms with E-state index in [4.69, 9.17) is 23.6 Å². The second-order valence-electron chi connectivity index (χ2n) is 14.3. The van der Waals surface area contributed by atoms with Gasteiger partial charge in [0.05, 0.1) is 26.4 Å². The highest BCUT2D eigenvalue weighted by molar-refractivity contribution is 7.47. The number of carbonyl (C=O) groups is 1. The topological polar surface area (TPSA) is 132 Å². The fourth-order valence-corrected chi connectivity index (χ4v) is 6.09. The van der Waals surface area contributed by atoms with Gasteiger partial charge in [0, 0.05) is 13.0 Å². The molecule has 0 aliphatic rings. The van der Waals surface area contributed by atoms with Crippen molar-refractivity contribution in [1.29, 1.82) is 0 Å². The van der Waals surface area contributed by atoms with E-state index < -0.39 is 45.8 Å². The highest BCUT2D eigenvalue weighted by Gasteiger charge is 2.26. The Balaban J connectivity index is 4.33. The van der Waals surface area contributed by atoms with Gasteiger partial charge in [0.15, 0.2) is 0 Å². The molecule has 10 heteroatoms. The summed E-state index contributed by atoms with van der Waals surface area (Å²) in [5.74, 6) is -0.422. The molecule has 0 bridgehead atoms. The van der Waals surface area contributed by atoms with E-state index in [-0.39, 0.29) is 13.0 Å². The molecule has 0 fully saturated rings. The molecule has 0 saturated heterocycles. The van der Waals surface area contributed by atoms with Crippen molar-refractivity contribution in [3.8, 4) is 0 Å². The Hall–Kier alpha value is -3.14. The van der Waals surface area contributed by atoms with Gasteiger partial charge in [0.25, 0.3) is 0 Å². The number of hydrogen-bond acceptors (Lipinski definition) is 8. The van der Waals surface area contributed by atoms with Crippen LogP contribution in [0.15, 0.2) is 122 Å². The molecule has 0 spiro atoms. The highest BCUT2D eigenvalue weighted by Crippen LogP contribution is 2.43. The standard InChI is InChI=1S/C50H81O9P/c1-3-5-7-9-11-13-15-17-19-21-23-25-27-29-31-33-35-37-39-41-43-56-46-49(47-58-60(54,55)57-45-48(52)44-51)59-50(53)42-40-38-36-34-32-30-28-26-24-22-20-18-16-14-12-10-8-6-4-2/h5-8,11-14,17-20,23-26,29,31,35,37,48-49,51-52H,3-4,9-10,15-16,21-22,27-28,30,32-34,36,38-47H2,1-2H3,(H,54,55)/b7-5-,8-6-,13-11-,14-12-,19-17-,20-18-,25-23-,26-24-,31-29-,37-35-. The first kappa shape index (κ1) is 56.9. The van der Waals surface area contributed by atoms with Crippen molar-refractivity contribution < 1.29 is 43.0 Å². The summed E-state index contributed by atoms with van der Waals surface area (Å²) in [7, 11) is -4.55. The molecule has 340 valence electrons. The fourth-order valence-electron chi connectivity index (χ4n) is 5.30. The van der Waals surface area contributed by atoms with Crippen LogP contribution in [0.1, 0.15) is 142 Å². The van der Waals surface area contributed by atoms with Gasteiger partial charge >= 0.3 is 13.8 Å². The van der Waals surface area contributed by atoms with Crippen LogP contribution in [-0.2, 0) is 27.9 Å². The summed E-state index contributed by atoms with van der Waals surface area (Å²) in [5, 5.41) is 18.4. The molecule has 0 saturated carbocycles. The second kappa shape index (κ2) is 45.4. The van der Waals surface area contributed by atoms with E-state index in [1.807, 2.05) is 0 Å². The first-order chi connectivity index (χ1) is 29.3. The smallest absolute Gasteiger partial charge is 0.457 e. The zero-order valence-electron chi connectivity index (χ0n) is 37.1. The molecule has 0 heterocycles. The number of ether oxygens (including phenoxy) is 2. The van der Waals surface area contributed by atoms with Crippen molar-refractivity contribution in [2.24, 2.45) is 0 Å². The zero-order valence-corrected chi connectivity index (χ0v) is 38.0. The van der Waals surface area contributed by atoms with Gasteiger partial charge in [-0.15, -0.1) is 0 Å². The minimum Gasteiger partial charge on any atom is -0.457 e. The van der Waals surface area contributed by atoms with E-state index in [1.54, 1.807) is 0 Å². The maximum absolute atomic E-state index is 12.6. The van der Waals surface area contributed by atoms with Gasteiger partial charge in [0.2, 0.25) is 0 Å². The minimum absolute atomic E-state index is 0.00592. The number of phosphoric ester groups is 1. The number of aliphatic hydroxyl groups is 2. The first-order valence-corrected chi connectivity index (χ1v) is 24.0. The van der Waals surface area contributed by atoms with Crippen molar-refractivity contribution in [3.63, 3.8) is 0 Å². The lowest BCUT2D eigenvalue weighted by molar-refractivity contribution is -0.154. The molecule has 0 aliphatic carbocycles. The largest absolute Gasteiger partial charge is 0.472 e. The molecule has 0 rings (SSSR count). The average Bonchev–Trinajstić information content (AvgIpc) is 3.24. The minimum atomic E-state index is -4.55. The van der Waals surface area contributed by atoms with Crippen molar-refractivity contribution >= 4 is 13.8 Å². The molecule has 9 nitrogen and oxygen atoms in total. The maximum atomic E-state index is 12.6. The molecule has 0 radical (unpaired) electrons. The Morgan fingerprint density at radius 1 is 0.517 bits per heavy atom. The van der Waals surface area contributed by atoms with Crippen LogP contribution < -0.4 is 0 Å². The predicted molar refractivity (Wildman–Crippen MR) is 251 cm³/mol. The molecule has 0 amide bonds. The number of carbonyl (C=O) groups excluding carboxylic acids is 1. The Bertz CT molecular complexity index is 1340. The van der Waals surface area contributed by atoms with Gasteiger partial charge in [-0.2, -0.15) is 0 Å². The van der Waals surface area contributed by atoms with Crippen molar-refractivity contribution in [1.82, 2.24) is 0 Å². The van der Waals surface area contributed by atoms with Crippen LogP contribution in [0.3, 0.4) is 0 Å². The van der Waals surface area contributed by atoms with Crippen LogP contribution >= 0.6 is 7.82 Å². The van der Waals surface area contributed by atoms with Gasteiger partial charge in [-0.25, -0.2) is 4.57 Å². The Labute approximate surface area is 364 Å². The Kier molecular flexibility index (Phi) is 43.0. The lowest BCUT2D eigenvalue weighted by atomic mass is 10.1. The number of aliphatic hydroxyl groups excluding tert-OH is 2. The first-order valence-electron chi connectivity index (χ1n) is 22.5. The number of phosphoric acid groups is 1. The van der Waals surface area contributed by atoms with Gasteiger partial charge < -0.3 is 24.6 Å². The molecule has 3 N–H and O–H groups in total. The fraction of sp³-hybridized carbons (Fsp3) is 0.580. The average molecular weight is 857 g/mol. The van der Waals surface area contributed by atoms with Gasteiger partial charge in [-0.3, -0.25) is 13.8 Å². The third kappa shape index (κ3) is 44.4. The van der Waals surface area contributed by atoms with Crippen molar-refractivity contribution in [2.75, 3.05) is 33.0 Å². The van der Waals surface area contributed by atoms with Crippen LogP contribution in [0.2, 0.25) is 0 Å². The monoisotopic (exact) mass is 857 g/mol. The Morgan fingerprint density at radius 3 is 1.35 bits per heavy atom. The number of unbranched alkanes of at least 4 members (excludes halogenated alkanes) is 7. The van der Waals surface area contributed by atoms with E-state index in [2.05, 4.69) is 135 Å². The normalized spacial score (nSPS) is 15.1. The summed E-state index contributed by atoms with van der Waals surface area (Å²) in [5.41, 5.74) is 0. The highest BCUT2D eigenvalue weighted by atomic mass is 31.2. The zero-order chi connectivity index (χ0) is 43.9. The van der Waals surface area contributed by atoms with Crippen LogP contribution in [0, 0.1) is 0 Å². The van der Waals surface area contributed by atoms with E-state index in [0.29, 0.717) is 13.0 Å².